The van der Waals surface area contributed by atoms with Crippen LogP contribution in [0.25, 0.3) is 0 Å². The molecule has 0 aliphatic rings. The third-order valence-electron chi connectivity index (χ3n) is 6.46. The maximum absolute atomic E-state index is 12.7. The normalized spacial score (nSPS) is 13.7. The average molecular weight is 501 g/mol. The van der Waals surface area contributed by atoms with E-state index in [1.807, 2.05) is 39.1 Å². The van der Waals surface area contributed by atoms with Gasteiger partial charge in [-0.05, 0) is 0 Å². The molecule has 0 saturated heterocycles. The predicted molar refractivity (Wildman–Crippen MR) is 149 cm³/mol. The minimum atomic E-state index is -3.71. The third-order valence-corrected chi connectivity index (χ3v) is 12.1. The molecule has 33 heavy (non-hydrogen) atoms. The monoisotopic (exact) mass is 500 g/mol. The molecule has 0 aliphatic carbocycles. The van der Waals surface area contributed by atoms with E-state index in [0.29, 0.717) is 0 Å². The van der Waals surface area contributed by atoms with Crippen molar-refractivity contribution >= 4 is 16.9 Å². The summed E-state index contributed by atoms with van der Waals surface area (Å²) < 4.78 is 31.4. The molecular weight excluding hydrogens is 447 g/mol. The second-order valence-electron chi connectivity index (χ2n) is 11.3. The molecule has 0 N–H and O–H groups in total. The summed E-state index contributed by atoms with van der Waals surface area (Å²) in [6.07, 6.45) is 22.4. The van der Waals surface area contributed by atoms with Crippen LogP contribution in [0.2, 0.25) is 0 Å². The molecule has 3 nitrogen and oxygen atoms in total. The summed E-state index contributed by atoms with van der Waals surface area (Å²) in [4.78, 5) is 0.264. The Kier molecular flexibility index (Phi) is 14.4. The second kappa shape index (κ2) is 15.5. The van der Waals surface area contributed by atoms with Crippen molar-refractivity contribution in [3.8, 4) is 0 Å². The molecule has 0 aromatic heterocycles. The standard InChI is InChI=1S/C28H53O3PS/c1-6-7-8-9-10-11-12-13-14-15-16-17-18-19-20-21-26-32(3,4,5)31-33(29,30)28-24-22-27(2)23-25-28/h22-25H,6-21,26H2,1-5H3. The molecule has 1 aromatic carbocycles. The van der Waals surface area contributed by atoms with Crippen molar-refractivity contribution in [2.45, 2.75) is 121 Å². The van der Waals surface area contributed by atoms with Crippen LogP contribution in [0.3, 0.4) is 0 Å². The van der Waals surface area contributed by atoms with Crippen molar-refractivity contribution in [1.82, 2.24) is 0 Å². The summed E-state index contributed by atoms with van der Waals surface area (Å²) in [6.45, 7) is 7.61. The van der Waals surface area contributed by atoms with E-state index < -0.39 is 16.9 Å². The van der Waals surface area contributed by atoms with Crippen molar-refractivity contribution in [3.63, 3.8) is 0 Å². The summed E-state index contributed by atoms with van der Waals surface area (Å²) in [5.74, 6) is 0. The molecule has 0 atom stereocenters. The number of hydrogen-bond acceptors (Lipinski definition) is 3. The van der Waals surface area contributed by atoms with Crippen molar-refractivity contribution in [2.24, 2.45) is 0 Å². The zero-order chi connectivity index (χ0) is 24.7. The zero-order valence-electron chi connectivity index (χ0n) is 22.4. The summed E-state index contributed by atoms with van der Waals surface area (Å²) in [7, 11) is -3.71. The van der Waals surface area contributed by atoms with E-state index in [-0.39, 0.29) is 4.90 Å². The van der Waals surface area contributed by atoms with Crippen LogP contribution >= 0.6 is 6.83 Å². The van der Waals surface area contributed by atoms with Crippen LogP contribution in [-0.2, 0) is 14.1 Å². The molecule has 0 unspecified atom stereocenters. The van der Waals surface area contributed by atoms with Gasteiger partial charge in [0.1, 0.15) is 0 Å². The Morgan fingerprint density at radius 2 is 1.00 bits per heavy atom. The predicted octanol–water partition coefficient (Wildman–Crippen LogP) is 9.32. The van der Waals surface area contributed by atoms with Crippen molar-refractivity contribution in [3.05, 3.63) is 29.8 Å². The first-order valence-corrected chi connectivity index (χ1v) is 18.7. The SMILES string of the molecule is CCCCCCCCCCCCCCCCCCP(C)(C)(C)OS(=O)(=O)c1ccc(C)cc1. The van der Waals surface area contributed by atoms with Gasteiger partial charge in [-0.25, -0.2) is 0 Å². The van der Waals surface area contributed by atoms with Crippen molar-refractivity contribution in [2.75, 3.05) is 26.2 Å². The summed E-state index contributed by atoms with van der Waals surface area (Å²) in [5.41, 5.74) is 1.05. The molecule has 0 fully saturated rings. The van der Waals surface area contributed by atoms with E-state index in [0.717, 1.165) is 18.1 Å². The minimum absolute atomic E-state index is 0.264. The van der Waals surface area contributed by atoms with Gasteiger partial charge in [0.25, 0.3) is 0 Å². The molecule has 0 saturated carbocycles. The van der Waals surface area contributed by atoms with Gasteiger partial charge in [0, 0.05) is 0 Å². The van der Waals surface area contributed by atoms with Crippen LogP contribution in [0.5, 0.6) is 0 Å². The van der Waals surface area contributed by atoms with Gasteiger partial charge in [0.15, 0.2) is 0 Å². The Hall–Kier alpha value is -0.440. The van der Waals surface area contributed by atoms with Crippen molar-refractivity contribution in [1.29, 1.82) is 0 Å². The Labute approximate surface area is 206 Å². The summed E-state index contributed by atoms with van der Waals surface area (Å²) in [6, 6.07) is 6.93. The number of benzene rings is 1. The molecule has 1 rings (SSSR count). The fraction of sp³-hybridized carbons (Fsp3) is 0.786. The molecule has 0 radical (unpaired) electrons. The topological polar surface area (TPSA) is 43.4 Å². The Balaban J connectivity index is 2.09. The zero-order valence-corrected chi connectivity index (χ0v) is 24.1. The average Bonchev–Trinajstić information content (AvgIpc) is 2.72. The number of aryl methyl sites for hydroxylation is 1. The molecule has 194 valence electrons. The van der Waals surface area contributed by atoms with Gasteiger partial charge >= 0.3 is 168 Å². The van der Waals surface area contributed by atoms with Gasteiger partial charge in [-0.1, -0.05) is 39.0 Å². The Morgan fingerprint density at radius 1 is 0.636 bits per heavy atom. The third kappa shape index (κ3) is 15.2. The fourth-order valence-corrected chi connectivity index (χ4v) is 9.67. The summed E-state index contributed by atoms with van der Waals surface area (Å²) >= 11 is 0. The van der Waals surface area contributed by atoms with Gasteiger partial charge in [-0.2, -0.15) is 0 Å². The van der Waals surface area contributed by atoms with Crippen LogP contribution < -0.4 is 0 Å². The second-order valence-corrected chi connectivity index (χ2v) is 19.7. The molecule has 0 aliphatic heterocycles. The number of hydrogen-bond donors (Lipinski definition) is 0. The first-order chi connectivity index (χ1) is 15.5. The van der Waals surface area contributed by atoms with E-state index in [2.05, 4.69) is 6.92 Å². The Morgan fingerprint density at radius 3 is 1.39 bits per heavy atom. The van der Waals surface area contributed by atoms with Crippen LogP contribution in [0.1, 0.15) is 115 Å². The van der Waals surface area contributed by atoms with Gasteiger partial charge in [-0.3, -0.25) is 0 Å². The molecule has 0 bridgehead atoms. The van der Waals surface area contributed by atoms with Crippen LogP contribution in [-0.4, -0.2) is 34.6 Å². The van der Waals surface area contributed by atoms with Crippen LogP contribution in [0, 0.1) is 6.92 Å². The maximum atomic E-state index is 12.7. The van der Waals surface area contributed by atoms with E-state index >= 15 is 0 Å². The van der Waals surface area contributed by atoms with Crippen LogP contribution in [0.4, 0.5) is 0 Å². The van der Waals surface area contributed by atoms with E-state index in [1.54, 1.807) is 12.1 Å². The Bertz CT molecular complexity index is 733. The number of rotatable bonds is 20. The molecule has 0 spiro atoms. The van der Waals surface area contributed by atoms with E-state index in [9.17, 15) is 8.42 Å². The molecule has 5 heteroatoms. The van der Waals surface area contributed by atoms with E-state index in [4.69, 9.17) is 3.97 Å². The molecule has 1 aromatic rings. The molecule has 0 heterocycles. The van der Waals surface area contributed by atoms with Gasteiger partial charge in [0.2, 0.25) is 0 Å². The van der Waals surface area contributed by atoms with Crippen LogP contribution in [0.15, 0.2) is 29.2 Å². The molecule has 0 amide bonds. The van der Waals surface area contributed by atoms with Gasteiger partial charge in [0.05, 0.1) is 0 Å². The van der Waals surface area contributed by atoms with Gasteiger partial charge < -0.3 is 0 Å². The van der Waals surface area contributed by atoms with E-state index in [1.165, 1.54) is 96.3 Å². The first-order valence-electron chi connectivity index (χ1n) is 13.6. The first kappa shape index (κ1) is 30.6. The van der Waals surface area contributed by atoms with Gasteiger partial charge in [-0.15, -0.1) is 0 Å². The van der Waals surface area contributed by atoms with Crippen molar-refractivity contribution < 1.29 is 12.4 Å². The molecular formula is C28H53O3PS. The summed E-state index contributed by atoms with van der Waals surface area (Å²) in [5, 5.41) is 0. The fourth-order valence-electron chi connectivity index (χ4n) is 4.35. The quantitative estimate of drug-likeness (QED) is 0.132. The number of unbranched alkanes of at least 4 members (excludes halogenated alkanes) is 15.